The van der Waals surface area contributed by atoms with Crippen molar-refractivity contribution in [3.05, 3.63) is 0 Å². The number of rotatable bonds is 9. The molecule has 0 amide bonds. The Morgan fingerprint density at radius 1 is 1.45 bits per heavy atom. The molecule has 0 aromatic rings. The summed E-state index contributed by atoms with van der Waals surface area (Å²) in [5, 5.41) is 13.4. The lowest BCUT2D eigenvalue weighted by atomic mass is 9.79. The zero-order valence-electron chi connectivity index (χ0n) is 13.8. The molecule has 2 unspecified atom stereocenters. The van der Waals surface area contributed by atoms with Gasteiger partial charge in [0.05, 0.1) is 19.3 Å². The van der Waals surface area contributed by atoms with Crippen molar-refractivity contribution in [2.24, 2.45) is 0 Å². The highest BCUT2D eigenvalue weighted by atomic mass is 16.5. The lowest BCUT2D eigenvalue weighted by Gasteiger charge is -2.43. The zero-order valence-corrected chi connectivity index (χ0v) is 13.8. The smallest absolute Gasteiger partial charge is 0.0613 e. The SMILES string of the molecule is CCCNC1(CO)CCCC(N(C)CCOC(C)C)C1. The maximum absolute atomic E-state index is 9.81. The molecule has 0 spiro atoms. The molecule has 2 atom stereocenters. The molecule has 120 valence electrons. The van der Waals surface area contributed by atoms with E-state index in [2.05, 4.69) is 38.0 Å². The number of aliphatic hydroxyl groups is 1. The van der Waals surface area contributed by atoms with Crippen molar-refractivity contribution in [1.29, 1.82) is 0 Å². The average molecular weight is 286 g/mol. The topological polar surface area (TPSA) is 44.7 Å². The quantitative estimate of drug-likeness (QED) is 0.681. The fourth-order valence-corrected chi connectivity index (χ4v) is 3.07. The number of aliphatic hydroxyl groups excluding tert-OH is 1. The number of hydrogen-bond donors (Lipinski definition) is 2. The summed E-state index contributed by atoms with van der Waals surface area (Å²) in [6.07, 6.45) is 5.98. The van der Waals surface area contributed by atoms with E-state index in [9.17, 15) is 5.11 Å². The van der Waals surface area contributed by atoms with Crippen molar-refractivity contribution >= 4 is 0 Å². The Kier molecular flexibility index (Phi) is 8.03. The molecule has 4 nitrogen and oxygen atoms in total. The molecule has 0 aliphatic heterocycles. The van der Waals surface area contributed by atoms with E-state index in [-0.39, 0.29) is 12.1 Å². The van der Waals surface area contributed by atoms with Gasteiger partial charge in [-0.1, -0.05) is 6.92 Å². The van der Waals surface area contributed by atoms with Crippen LogP contribution in [0.5, 0.6) is 0 Å². The number of nitrogens with zero attached hydrogens (tertiary/aromatic N) is 1. The van der Waals surface area contributed by atoms with Crippen LogP contribution in [-0.4, -0.2) is 61.0 Å². The van der Waals surface area contributed by atoms with Crippen LogP contribution in [0.1, 0.15) is 52.9 Å². The third kappa shape index (κ3) is 5.68. The Hall–Kier alpha value is -0.160. The molecule has 0 heterocycles. The molecule has 1 fully saturated rings. The Balaban J connectivity index is 2.45. The fourth-order valence-electron chi connectivity index (χ4n) is 3.07. The van der Waals surface area contributed by atoms with Gasteiger partial charge in [-0.2, -0.15) is 0 Å². The second kappa shape index (κ2) is 8.98. The molecule has 1 rings (SSSR count). The van der Waals surface area contributed by atoms with E-state index in [1.54, 1.807) is 0 Å². The van der Waals surface area contributed by atoms with Gasteiger partial charge in [0.1, 0.15) is 0 Å². The number of likely N-dealkylation sites (N-methyl/N-ethyl adjacent to an activating group) is 1. The Morgan fingerprint density at radius 3 is 2.80 bits per heavy atom. The van der Waals surface area contributed by atoms with Crippen LogP contribution in [0.4, 0.5) is 0 Å². The molecule has 0 aromatic carbocycles. The minimum Gasteiger partial charge on any atom is -0.394 e. The molecule has 0 aromatic heterocycles. The number of ether oxygens (including phenoxy) is 1. The summed E-state index contributed by atoms with van der Waals surface area (Å²) in [6.45, 7) is 9.33. The highest BCUT2D eigenvalue weighted by Gasteiger charge is 2.36. The summed E-state index contributed by atoms with van der Waals surface area (Å²) >= 11 is 0. The summed E-state index contributed by atoms with van der Waals surface area (Å²) < 4.78 is 5.64. The first-order valence-electron chi connectivity index (χ1n) is 8.20. The monoisotopic (exact) mass is 286 g/mol. The van der Waals surface area contributed by atoms with Crippen molar-refractivity contribution in [1.82, 2.24) is 10.2 Å². The molecule has 2 N–H and O–H groups in total. The van der Waals surface area contributed by atoms with Gasteiger partial charge < -0.3 is 20.1 Å². The Bertz CT molecular complexity index is 261. The summed E-state index contributed by atoms with van der Waals surface area (Å²) in [5.74, 6) is 0. The van der Waals surface area contributed by atoms with Gasteiger partial charge in [-0.05, 0) is 59.5 Å². The molecule has 4 heteroatoms. The summed E-state index contributed by atoms with van der Waals surface area (Å²) in [5.41, 5.74) is -0.0634. The zero-order chi connectivity index (χ0) is 15.0. The molecular formula is C16H34N2O2. The molecule has 0 radical (unpaired) electrons. The Labute approximate surface area is 124 Å². The summed E-state index contributed by atoms with van der Waals surface area (Å²) in [7, 11) is 2.18. The van der Waals surface area contributed by atoms with E-state index in [1.807, 2.05) is 0 Å². The third-order valence-electron chi connectivity index (χ3n) is 4.39. The molecule has 1 aliphatic carbocycles. The van der Waals surface area contributed by atoms with Crippen LogP contribution in [0.25, 0.3) is 0 Å². The average Bonchev–Trinajstić information content (AvgIpc) is 2.45. The number of hydrogen-bond acceptors (Lipinski definition) is 4. The standard InChI is InChI=1S/C16H34N2O2/c1-5-9-17-16(13-19)8-6-7-15(12-16)18(4)10-11-20-14(2)3/h14-15,17,19H,5-13H2,1-4H3. The highest BCUT2D eigenvalue weighted by Crippen LogP contribution is 2.30. The van der Waals surface area contributed by atoms with Crippen LogP contribution in [-0.2, 0) is 4.74 Å². The van der Waals surface area contributed by atoms with Crippen molar-refractivity contribution in [2.45, 2.75) is 70.6 Å². The van der Waals surface area contributed by atoms with Crippen LogP contribution < -0.4 is 5.32 Å². The van der Waals surface area contributed by atoms with E-state index >= 15 is 0 Å². The molecule has 1 aliphatic rings. The molecule has 1 saturated carbocycles. The first-order chi connectivity index (χ1) is 9.53. The van der Waals surface area contributed by atoms with Crippen molar-refractivity contribution in [2.75, 3.05) is 33.4 Å². The Morgan fingerprint density at radius 2 is 2.20 bits per heavy atom. The van der Waals surface area contributed by atoms with E-state index < -0.39 is 0 Å². The molecule has 0 saturated heterocycles. The van der Waals surface area contributed by atoms with Crippen LogP contribution >= 0.6 is 0 Å². The third-order valence-corrected chi connectivity index (χ3v) is 4.39. The molecule has 0 bridgehead atoms. The van der Waals surface area contributed by atoms with Crippen molar-refractivity contribution in [3.8, 4) is 0 Å². The number of nitrogens with one attached hydrogen (secondary N) is 1. The van der Waals surface area contributed by atoms with Crippen LogP contribution in [0.3, 0.4) is 0 Å². The normalized spacial score (nSPS) is 27.4. The second-order valence-electron chi connectivity index (χ2n) is 6.52. The lowest BCUT2D eigenvalue weighted by molar-refractivity contribution is 0.0329. The van der Waals surface area contributed by atoms with Gasteiger partial charge in [-0.3, -0.25) is 0 Å². The van der Waals surface area contributed by atoms with Crippen molar-refractivity contribution < 1.29 is 9.84 Å². The predicted octanol–water partition coefficient (Wildman–Crippen LogP) is 2.02. The molecular weight excluding hydrogens is 252 g/mol. The largest absolute Gasteiger partial charge is 0.394 e. The van der Waals surface area contributed by atoms with Gasteiger partial charge in [0, 0.05) is 18.1 Å². The van der Waals surface area contributed by atoms with E-state index in [4.69, 9.17) is 4.74 Å². The maximum atomic E-state index is 9.81. The lowest BCUT2D eigenvalue weighted by Crippen LogP contribution is -2.55. The van der Waals surface area contributed by atoms with E-state index in [0.717, 1.165) is 39.0 Å². The van der Waals surface area contributed by atoms with Crippen LogP contribution in [0.15, 0.2) is 0 Å². The minimum atomic E-state index is -0.0634. The van der Waals surface area contributed by atoms with E-state index in [1.165, 1.54) is 12.8 Å². The van der Waals surface area contributed by atoms with Gasteiger partial charge in [0.2, 0.25) is 0 Å². The van der Waals surface area contributed by atoms with Gasteiger partial charge in [0.15, 0.2) is 0 Å². The van der Waals surface area contributed by atoms with Crippen molar-refractivity contribution in [3.63, 3.8) is 0 Å². The van der Waals surface area contributed by atoms with E-state index in [0.29, 0.717) is 12.1 Å². The first-order valence-corrected chi connectivity index (χ1v) is 8.20. The molecule has 20 heavy (non-hydrogen) atoms. The van der Waals surface area contributed by atoms with Gasteiger partial charge >= 0.3 is 0 Å². The van der Waals surface area contributed by atoms with Gasteiger partial charge in [-0.15, -0.1) is 0 Å². The first kappa shape index (κ1) is 17.9. The minimum absolute atomic E-state index is 0.0634. The second-order valence-corrected chi connectivity index (χ2v) is 6.52. The maximum Gasteiger partial charge on any atom is 0.0613 e. The fraction of sp³-hybridized carbons (Fsp3) is 1.00. The van der Waals surface area contributed by atoms with Gasteiger partial charge in [0.25, 0.3) is 0 Å². The summed E-state index contributed by atoms with van der Waals surface area (Å²) in [6, 6.07) is 0.552. The van der Waals surface area contributed by atoms with Crippen LogP contribution in [0.2, 0.25) is 0 Å². The van der Waals surface area contributed by atoms with Gasteiger partial charge in [-0.25, -0.2) is 0 Å². The van der Waals surface area contributed by atoms with Crippen LogP contribution in [0, 0.1) is 0 Å². The summed E-state index contributed by atoms with van der Waals surface area (Å²) in [4.78, 5) is 2.40. The highest BCUT2D eigenvalue weighted by molar-refractivity contribution is 4.96. The predicted molar refractivity (Wildman–Crippen MR) is 84.1 cm³/mol.